The van der Waals surface area contributed by atoms with E-state index in [1.807, 2.05) is 26.2 Å². The molecule has 1 saturated carbocycles. The number of phenolic OH excluding ortho intramolecular Hbond substituents is 1. The minimum absolute atomic E-state index is 0.275. The molecule has 1 atom stereocenters. The van der Waals surface area contributed by atoms with Gasteiger partial charge in [-0.1, -0.05) is 31.4 Å². The molecule has 2 rings (SSSR count). The third kappa shape index (κ3) is 2.86. The second kappa shape index (κ2) is 5.78. The van der Waals surface area contributed by atoms with Crippen LogP contribution in [-0.2, 0) is 5.31 Å². The highest BCUT2D eigenvalue weighted by Gasteiger charge is 2.48. The number of aliphatic hydroxyl groups is 1. The van der Waals surface area contributed by atoms with Gasteiger partial charge in [0.05, 0.1) is 5.60 Å². The summed E-state index contributed by atoms with van der Waals surface area (Å²) in [5.41, 5.74) is 0.445. The number of rotatable bonds is 4. The number of hydrogen-bond donors (Lipinski definition) is 2. The van der Waals surface area contributed by atoms with Crippen molar-refractivity contribution in [1.29, 1.82) is 0 Å². The molecule has 0 saturated heterocycles. The highest BCUT2D eigenvalue weighted by Crippen LogP contribution is 2.43. The van der Waals surface area contributed by atoms with E-state index in [4.69, 9.17) is 0 Å². The van der Waals surface area contributed by atoms with Crippen molar-refractivity contribution in [3.63, 3.8) is 0 Å². The predicted octanol–water partition coefficient (Wildman–Crippen LogP) is 1.48. The van der Waals surface area contributed by atoms with Crippen LogP contribution in [0.2, 0.25) is 0 Å². The molecular formula is C16H26BNO2. The maximum absolute atomic E-state index is 11.3. The second-order valence-corrected chi connectivity index (χ2v) is 6.71. The van der Waals surface area contributed by atoms with Gasteiger partial charge in [-0.05, 0) is 44.6 Å². The quantitative estimate of drug-likeness (QED) is 0.818. The van der Waals surface area contributed by atoms with Crippen LogP contribution in [0.1, 0.15) is 37.7 Å². The van der Waals surface area contributed by atoms with Gasteiger partial charge in [0.2, 0.25) is 0 Å². The van der Waals surface area contributed by atoms with Crippen molar-refractivity contribution < 1.29 is 10.2 Å². The number of hydrogen-bond acceptors (Lipinski definition) is 3. The van der Waals surface area contributed by atoms with Crippen molar-refractivity contribution in [2.45, 2.75) is 43.0 Å². The van der Waals surface area contributed by atoms with E-state index in [-0.39, 0.29) is 11.1 Å². The maximum atomic E-state index is 11.3. The van der Waals surface area contributed by atoms with Crippen LogP contribution in [-0.4, -0.2) is 49.2 Å². The van der Waals surface area contributed by atoms with Crippen LogP contribution in [0.15, 0.2) is 24.3 Å². The summed E-state index contributed by atoms with van der Waals surface area (Å²) in [5.74, 6) is 0.275. The third-order valence-corrected chi connectivity index (χ3v) is 4.84. The molecule has 1 aromatic carbocycles. The molecule has 0 spiro atoms. The minimum Gasteiger partial charge on any atom is -0.508 e. The Morgan fingerprint density at radius 3 is 2.20 bits per heavy atom. The van der Waals surface area contributed by atoms with Gasteiger partial charge in [0, 0.05) is 11.9 Å². The zero-order valence-electron chi connectivity index (χ0n) is 12.9. The van der Waals surface area contributed by atoms with Crippen molar-refractivity contribution >= 4 is 7.85 Å². The smallest absolute Gasteiger partial charge is 0.120 e. The molecule has 0 aliphatic heterocycles. The molecule has 1 aliphatic carbocycles. The van der Waals surface area contributed by atoms with Crippen molar-refractivity contribution in [3.05, 3.63) is 29.8 Å². The Labute approximate surface area is 123 Å². The third-order valence-electron chi connectivity index (χ3n) is 4.84. The standard InChI is InChI=1S/C16H26BNO2/c1-18(2)12-16(17,13-6-8-14(19)9-7-13)15(20)10-4-3-5-11-15/h6-9,19-20H,3-5,10-12,17H2,1-2H3. The molecule has 0 bridgehead atoms. The van der Waals surface area contributed by atoms with E-state index in [0.717, 1.165) is 37.8 Å². The molecule has 0 heterocycles. The first kappa shape index (κ1) is 15.4. The molecule has 20 heavy (non-hydrogen) atoms. The highest BCUT2D eigenvalue weighted by molar-refractivity contribution is 6.17. The molecule has 0 radical (unpaired) electrons. The summed E-state index contributed by atoms with van der Waals surface area (Å²) in [6.45, 7) is 0.800. The Morgan fingerprint density at radius 2 is 1.70 bits per heavy atom. The highest BCUT2D eigenvalue weighted by atomic mass is 16.3. The van der Waals surface area contributed by atoms with E-state index < -0.39 is 5.60 Å². The monoisotopic (exact) mass is 275 g/mol. The predicted molar refractivity (Wildman–Crippen MR) is 84.9 cm³/mol. The Morgan fingerprint density at radius 1 is 1.15 bits per heavy atom. The fourth-order valence-electron chi connectivity index (χ4n) is 3.66. The van der Waals surface area contributed by atoms with Crippen LogP contribution < -0.4 is 0 Å². The molecule has 1 fully saturated rings. The molecule has 0 aromatic heterocycles. The van der Waals surface area contributed by atoms with E-state index in [0.29, 0.717) is 0 Å². The van der Waals surface area contributed by atoms with E-state index in [2.05, 4.69) is 12.7 Å². The zero-order chi connectivity index (χ0) is 14.8. The summed E-state index contributed by atoms with van der Waals surface area (Å²) >= 11 is 0. The molecular weight excluding hydrogens is 249 g/mol. The first-order chi connectivity index (χ1) is 9.37. The second-order valence-electron chi connectivity index (χ2n) is 6.71. The van der Waals surface area contributed by atoms with Gasteiger partial charge in [0.25, 0.3) is 0 Å². The molecule has 110 valence electrons. The Bertz CT molecular complexity index is 440. The maximum Gasteiger partial charge on any atom is 0.120 e. The number of benzene rings is 1. The Balaban J connectivity index is 2.41. The number of phenols is 1. The molecule has 4 heteroatoms. The van der Waals surface area contributed by atoms with Gasteiger partial charge < -0.3 is 15.1 Å². The van der Waals surface area contributed by atoms with Gasteiger partial charge in [0.1, 0.15) is 13.6 Å². The van der Waals surface area contributed by atoms with Crippen molar-refractivity contribution in [2.24, 2.45) is 0 Å². The van der Waals surface area contributed by atoms with Crippen LogP contribution in [0, 0.1) is 0 Å². The summed E-state index contributed by atoms with van der Waals surface area (Å²) in [6.07, 6.45) is 5.13. The fourth-order valence-corrected chi connectivity index (χ4v) is 3.66. The first-order valence-electron chi connectivity index (χ1n) is 7.54. The summed E-state index contributed by atoms with van der Waals surface area (Å²) in [7, 11) is 6.25. The summed E-state index contributed by atoms with van der Waals surface area (Å²) < 4.78 is 0. The van der Waals surface area contributed by atoms with E-state index in [1.165, 1.54) is 6.42 Å². The van der Waals surface area contributed by atoms with Crippen LogP contribution in [0.4, 0.5) is 0 Å². The van der Waals surface area contributed by atoms with Gasteiger partial charge in [-0.2, -0.15) is 0 Å². The van der Waals surface area contributed by atoms with Crippen molar-refractivity contribution in [2.75, 3.05) is 20.6 Å². The molecule has 1 aliphatic rings. The lowest BCUT2D eigenvalue weighted by Crippen LogP contribution is -2.58. The van der Waals surface area contributed by atoms with Gasteiger partial charge in [-0.3, -0.25) is 0 Å². The first-order valence-corrected chi connectivity index (χ1v) is 7.54. The lowest BCUT2D eigenvalue weighted by atomic mass is 9.51. The van der Waals surface area contributed by atoms with Crippen LogP contribution in [0.25, 0.3) is 0 Å². The van der Waals surface area contributed by atoms with Gasteiger partial charge in [-0.15, -0.1) is 0 Å². The molecule has 2 N–H and O–H groups in total. The molecule has 0 amide bonds. The topological polar surface area (TPSA) is 43.7 Å². The van der Waals surface area contributed by atoms with Gasteiger partial charge in [0.15, 0.2) is 0 Å². The average molecular weight is 275 g/mol. The van der Waals surface area contributed by atoms with Gasteiger partial charge >= 0.3 is 0 Å². The van der Waals surface area contributed by atoms with Gasteiger partial charge in [-0.25, -0.2) is 0 Å². The lowest BCUT2D eigenvalue weighted by molar-refractivity contribution is -0.0448. The largest absolute Gasteiger partial charge is 0.508 e. The average Bonchev–Trinajstić information content (AvgIpc) is 2.39. The Hall–Kier alpha value is -0.995. The number of nitrogens with zero attached hydrogens (tertiary/aromatic N) is 1. The van der Waals surface area contributed by atoms with Crippen molar-refractivity contribution in [3.8, 4) is 5.75 Å². The molecule has 1 aromatic rings. The van der Waals surface area contributed by atoms with Crippen LogP contribution in [0.3, 0.4) is 0 Å². The SMILES string of the molecule is BC(CN(C)C)(c1ccc(O)cc1)C1(O)CCCCC1. The summed E-state index contributed by atoms with van der Waals surface area (Å²) in [5, 5.41) is 20.5. The lowest BCUT2D eigenvalue weighted by Gasteiger charge is -2.49. The van der Waals surface area contributed by atoms with Crippen LogP contribution in [0.5, 0.6) is 5.75 Å². The van der Waals surface area contributed by atoms with Crippen molar-refractivity contribution in [1.82, 2.24) is 4.90 Å². The molecule has 1 unspecified atom stereocenters. The van der Waals surface area contributed by atoms with E-state index in [1.54, 1.807) is 12.1 Å². The number of aromatic hydroxyl groups is 1. The van der Waals surface area contributed by atoms with E-state index >= 15 is 0 Å². The fraction of sp³-hybridized carbons (Fsp3) is 0.625. The zero-order valence-corrected chi connectivity index (χ0v) is 12.9. The normalized spacial score (nSPS) is 21.6. The Kier molecular flexibility index (Phi) is 4.45. The number of likely N-dealkylation sites (N-methyl/N-ethyl adjacent to an activating group) is 1. The molecule has 3 nitrogen and oxygen atoms in total. The minimum atomic E-state index is -0.660. The summed E-state index contributed by atoms with van der Waals surface area (Å²) in [6, 6.07) is 7.33. The summed E-state index contributed by atoms with van der Waals surface area (Å²) in [4.78, 5) is 2.14. The van der Waals surface area contributed by atoms with Crippen LogP contribution >= 0.6 is 0 Å². The van der Waals surface area contributed by atoms with E-state index in [9.17, 15) is 10.2 Å².